The molecule has 3 aromatic rings. The van der Waals surface area contributed by atoms with Gasteiger partial charge >= 0.3 is 0 Å². The second-order valence-electron chi connectivity index (χ2n) is 4.58. The number of hydrogen-bond donors (Lipinski definition) is 1. The lowest BCUT2D eigenvalue weighted by Crippen LogP contribution is -2.22. The zero-order valence-electron chi connectivity index (χ0n) is 11.5. The van der Waals surface area contributed by atoms with E-state index in [4.69, 9.17) is 4.42 Å². The topological polar surface area (TPSA) is 55.1 Å². The molecule has 0 unspecified atom stereocenters. The molecule has 1 N–H and O–H groups in total. The van der Waals surface area contributed by atoms with Gasteiger partial charge < -0.3 is 9.73 Å². The van der Waals surface area contributed by atoms with Crippen molar-refractivity contribution in [2.24, 2.45) is 0 Å². The highest BCUT2D eigenvalue weighted by Crippen LogP contribution is 2.21. The van der Waals surface area contributed by atoms with Crippen molar-refractivity contribution in [2.75, 3.05) is 0 Å². The molecule has 0 aliphatic heterocycles. The Morgan fingerprint density at radius 2 is 2.19 bits per heavy atom. The average Bonchev–Trinajstić information content (AvgIpc) is 3.16. The first-order valence-electron chi connectivity index (χ1n) is 6.56. The molecular weight excluding hydrogens is 284 g/mol. The SMILES string of the molecule is Cc1ccc(C(=O)NCc2cccnc2-c2ccco2)s1. The Morgan fingerprint density at radius 1 is 1.29 bits per heavy atom. The number of rotatable bonds is 4. The highest BCUT2D eigenvalue weighted by Gasteiger charge is 2.11. The third-order valence-corrected chi connectivity index (χ3v) is 4.05. The van der Waals surface area contributed by atoms with E-state index < -0.39 is 0 Å². The number of carbonyl (C=O) groups is 1. The molecule has 0 fully saturated rings. The van der Waals surface area contributed by atoms with Crippen LogP contribution < -0.4 is 5.32 Å². The molecule has 21 heavy (non-hydrogen) atoms. The highest BCUT2D eigenvalue weighted by molar-refractivity contribution is 7.13. The molecule has 3 rings (SSSR count). The van der Waals surface area contributed by atoms with Gasteiger partial charge in [0.25, 0.3) is 5.91 Å². The molecule has 0 bridgehead atoms. The Morgan fingerprint density at radius 3 is 2.90 bits per heavy atom. The molecule has 3 aromatic heterocycles. The first-order valence-corrected chi connectivity index (χ1v) is 7.38. The number of nitrogens with zero attached hydrogens (tertiary/aromatic N) is 1. The molecule has 3 heterocycles. The maximum absolute atomic E-state index is 12.1. The molecule has 0 aromatic carbocycles. The number of amides is 1. The van der Waals surface area contributed by atoms with E-state index in [0.717, 1.165) is 21.0 Å². The molecule has 1 amide bonds. The molecule has 106 valence electrons. The number of aromatic nitrogens is 1. The summed E-state index contributed by atoms with van der Waals surface area (Å²) in [7, 11) is 0. The maximum atomic E-state index is 12.1. The fourth-order valence-electron chi connectivity index (χ4n) is 2.04. The molecule has 0 aliphatic rings. The van der Waals surface area contributed by atoms with Gasteiger partial charge in [0.2, 0.25) is 0 Å². The lowest BCUT2D eigenvalue weighted by atomic mass is 10.1. The minimum Gasteiger partial charge on any atom is -0.463 e. The van der Waals surface area contributed by atoms with E-state index in [1.807, 2.05) is 43.3 Å². The number of nitrogens with one attached hydrogen (secondary N) is 1. The molecule has 0 aliphatic carbocycles. The van der Waals surface area contributed by atoms with Gasteiger partial charge in [-0.25, -0.2) is 0 Å². The first kappa shape index (κ1) is 13.6. The maximum Gasteiger partial charge on any atom is 0.261 e. The fraction of sp³-hybridized carbons (Fsp3) is 0.125. The van der Waals surface area contributed by atoms with Crippen molar-refractivity contribution in [2.45, 2.75) is 13.5 Å². The number of thiophene rings is 1. The summed E-state index contributed by atoms with van der Waals surface area (Å²) in [5.74, 6) is 0.633. The minimum atomic E-state index is -0.0673. The number of hydrogen-bond acceptors (Lipinski definition) is 4. The van der Waals surface area contributed by atoms with E-state index in [1.165, 1.54) is 11.3 Å². The van der Waals surface area contributed by atoms with Gasteiger partial charge in [0.05, 0.1) is 11.1 Å². The van der Waals surface area contributed by atoms with Gasteiger partial charge in [-0.15, -0.1) is 11.3 Å². The monoisotopic (exact) mass is 298 g/mol. The second-order valence-corrected chi connectivity index (χ2v) is 5.87. The molecule has 0 atom stereocenters. The third-order valence-electron chi connectivity index (χ3n) is 3.05. The molecule has 0 radical (unpaired) electrons. The fourth-order valence-corrected chi connectivity index (χ4v) is 2.82. The van der Waals surface area contributed by atoms with Crippen molar-refractivity contribution in [1.29, 1.82) is 0 Å². The predicted octanol–water partition coefficient (Wildman–Crippen LogP) is 3.64. The summed E-state index contributed by atoms with van der Waals surface area (Å²) in [5, 5.41) is 2.92. The third kappa shape index (κ3) is 3.03. The lowest BCUT2D eigenvalue weighted by Gasteiger charge is -2.07. The van der Waals surface area contributed by atoms with Crippen LogP contribution in [0.3, 0.4) is 0 Å². The van der Waals surface area contributed by atoms with Crippen LogP contribution in [0.2, 0.25) is 0 Å². The summed E-state index contributed by atoms with van der Waals surface area (Å²) >= 11 is 1.49. The zero-order valence-corrected chi connectivity index (χ0v) is 12.3. The highest BCUT2D eigenvalue weighted by atomic mass is 32.1. The van der Waals surface area contributed by atoms with Crippen LogP contribution in [0, 0.1) is 6.92 Å². The summed E-state index contributed by atoms with van der Waals surface area (Å²) in [5.41, 5.74) is 1.68. The summed E-state index contributed by atoms with van der Waals surface area (Å²) in [6.07, 6.45) is 3.33. The zero-order chi connectivity index (χ0) is 14.7. The van der Waals surface area contributed by atoms with Crippen molar-refractivity contribution in [3.05, 3.63) is 64.2 Å². The average molecular weight is 298 g/mol. The Kier molecular flexibility index (Phi) is 3.83. The van der Waals surface area contributed by atoms with Crippen LogP contribution in [0.5, 0.6) is 0 Å². The second kappa shape index (κ2) is 5.93. The van der Waals surface area contributed by atoms with Crippen molar-refractivity contribution >= 4 is 17.2 Å². The van der Waals surface area contributed by atoms with Gasteiger partial charge in [0.1, 0.15) is 5.69 Å². The van der Waals surface area contributed by atoms with Gasteiger partial charge in [-0.1, -0.05) is 6.07 Å². The smallest absolute Gasteiger partial charge is 0.261 e. The minimum absolute atomic E-state index is 0.0673. The van der Waals surface area contributed by atoms with Crippen LogP contribution >= 0.6 is 11.3 Å². The van der Waals surface area contributed by atoms with Crippen LogP contribution in [0.15, 0.2) is 53.3 Å². The summed E-state index contributed by atoms with van der Waals surface area (Å²) < 4.78 is 5.38. The van der Waals surface area contributed by atoms with E-state index in [9.17, 15) is 4.79 Å². The molecular formula is C16H14N2O2S. The van der Waals surface area contributed by atoms with Gasteiger partial charge in [-0.2, -0.15) is 0 Å². The van der Waals surface area contributed by atoms with Gasteiger partial charge in [-0.05, 0) is 37.3 Å². The van der Waals surface area contributed by atoms with Crippen molar-refractivity contribution in [1.82, 2.24) is 10.3 Å². The van der Waals surface area contributed by atoms with E-state index in [1.54, 1.807) is 12.5 Å². The molecule has 5 heteroatoms. The lowest BCUT2D eigenvalue weighted by molar-refractivity contribution is 0.0955. The van der Waals surface area contributed by atoms with Gasteiger partial charge in [-0.3, -0.25) is 9.78 Å². The number of aryl methyl sites for hydroxylation is 1. The quantitative estimate of drug-likeness (QED) is 0.800. The van der Waals surface area contributed by atoms with E-state index in [-0.39, 0.29) is 5.91 Å². The van der Waals surface area contributed by atoms with Crippen LogP contribution in [0.1, 0.15) is 20.1 Å². The predicted molar refractivity (Wildman–Crippen MR) is 82.2 cm³/mol. The Balaban J connectivity index is 1.75. The van der Waals surface area contributed by atoms with E-state index in [2.05, 4.69) is 10.3 Å². The normalized spacial score (nSPS) is 10.5. The first-order chi connectivity index (χ1) is 10.2. The molecule has 0 saturated carbocycles. The van der Waals surface area contributed by atoms with Gasteiger partial charge in [0.15, 0.2) is 5.76 Å². The van der Waals surface area contributed by atoms with Crippen LogP contribution in [-0.2, 0) is 6.54 Å². The van der Waals surface area contributed by atoms with Crippen LogP contribution in [0.4, 0.5) is 0 Å². The summed E-state index contributed by atoms with van der Waals surface area (Å²) in [6.45, 7) is 2.40. The van der Waals surface area contributed by atoms with Crippen LogP contribution in [0.25, 0.3) is 11.5 Å². The van der Waals surface area contributed by atoms with Crippen molar-refractivity contribution in [3.8, 4) is 11.5 Å². The molecule has 0 spiro atoms. The largest absolute Gasteiger partial charge is 0.463 e. The summed E-state index contributed by atoms with van der Waals surface area (Å²) in [4.78, 5) is 18.3. The van der Waals surface area contributed by atoms with E-state index >= 15 is 0 Å². The number of furan rings is 1. The molecule has 0 saturated heterocycles. The standard InChI is InChI=1S/C16H14N2O2S/c1-11-6-7-14(21-11)16(19)18-10-12-4-2-8-17-15(12)13-5-3-9-20-13/h2-9H,10H2,1H3,(H,18,19). The van der Waals surface area contributed by atoms with E-state index in [0.29, 0.717) is 12.3 Å². The van der Waals surface area contributed by atoms with Crippen molar-refractivity contribution < 1.29 is 9.21 Å². The van der Waals surface area contributed by atoms with Crippen LogP contribution in [-0.4, -0.2) is 10.9 Å². The number of pyridine rings is 1. The molecule has 4 nitrogen and oxygen atoms in total. The summed E-state index contributed by atoms with van der Waals surface area (Å²) in [6, 6.07) is 11.2. The Hall–Kier alpha value is -2.40. The number of carbonyl (C=O) groups excluding carboxylic acids is 1. The van der Waals surface area contributed by atoms with Gasteiger partial charge in [0, 0.05) is 23.2 Å². The Labute approximate surface area is 126 Å². The van der Waals surface area contributed by atoms with Crippen molar-refractivity contribution in [3.63, 3.8) is 0 Å². The Bertz CT molecular complexity index is 747.